The SMILES string of the molecule is CC(C)(C)NC(=O)c1cc(=O)cc(Br)[nH]1. The molecule has 0 atom stereocenters. The molecule has 0 aliphatic heterocycles. The Kier molecular flexibility index (Phi) is 3.34. The van der Waals surface area contributed by atoms with Crippen molar-refractivity contribution in [2.45, 2.75) is 26.3 Å². The zero-order chi connectivity index (χ0) is 11.6. The van der Waals surface area contributed by atoms with E-state index in [2.05, 4.69) is 26.2 Å². The van der Waals surface area contributed by atoms with Crippen LogP contribution in [0.1, 0.15) is 31.3 Å². The summed E-state index contributed by atoms with van der Waals surface area (Å²) >= 11 is 3.13. The lowest BCUT2D eigenvalue weighted by Gasteiger charge is -2.20. The molecule has 5 heteroatoms. The Balaban J connectivity index is 2.97. The highest BCUT2D eigenvalue weighted by atomic mass is 79.9. The first-order valence-corrected chi connectivity index (χ1v) is 5.29. The number of H-pyrrole nitrogens is 1. The van der Waals surface area contributed by atoms with E-state index >= 15 is 0 Å². The molecule has 0 aliphatic carbocycles. The average Bonchev–Trinajstić information content (AvgIpc) is 1.98. The number of rotatable bonds is 1. The second kappa shape index (κ2) is 4.18. The zero-order valence-corrected chi connectivity index (χ0v) is 10.4. The first-order chi connectivity index (χ1) is 6.78. The summed E-state index contributed by atoms with van der Waals surface area (Å²) in [6.45, 7) is 5.63. The molecule has 0 aliphatic rings. The van der Waals surface area contributed by atoms with Crippen molar-refractivity contribution in [2.75, 3.05) is 0 Å². The van der Waals surface area contributed by atoms with Crippen LogP contribution in [0.2, 0.25) is 0 Å². The number of aromatic amines is 1. The van der Waals surface area contributed by atoms with Gasteiger partial charge in [0, 0.05) is 17.7 Å². The van der Waals surface area contributed by atoms with Gasteiger partial charge in [-0.25, -0.2) is 0 Å². The molecule has 2 N–H and O–H groups in total. The summed E-state index contributed by atoms with van der Waals surface area (Å²) in [6, 6.07) is 2.64. The predicted molar refractivity (Wildman–Crippen MR) is 62.0 cm³/mol. The second-order valence-corrected chi connectivity index (χ2v) is 5.14. The van der Waals surface area contributed by atoms with Gasteiger partial charge in [-0.05, 0) is 36.7 Å². The number of nitrogens with one attached hydrogen (secondary N) is 2. The van der Waals surface area contributed by atoms with Gasteiger partial charge < -0.3 is 10.3 Å². The van der Waals surface area contributed by atoms with Crippen molar-refractivity contribution < 1.29 is 4.79 Å². The third-order valence-corrected chi connectivity index (χ3v) is 1.97. The minimum Gasteiger partial charge on any atom is -0.346 e. The Morgan fingerprint density at radius 3 is 2.47 bits per heavy atom. The molecule has 1 rings (SSSR count). The molecule has 1 aromatic rings. The van der Waals surface area contributed by atoms with Gasteiger partial charge >= 0.3 is 0 Å². The van der Waals surface area contributed by atoms with E-state index in [9.17, 15) is 9.59 Å². The molecule has 0 saturated carbocycles. The smallest absolute Gasteiger partial charge is 0.268 e. The van der Waals surface area contributed by atoms with Gasteiger partial charge in [0.1, 0.15) is 5.69 Å². The lowest BCUT2D eigenvalue weighted by Crippen LogP contribution is -2.41. The summed E-state index contributed by atoms with van der Waals surface area (Å²) in [6.07, 6.45) is 0. The summed E-state index contributed by atoms with van der Waals surface area (Å²) in [7, 11) is 0. The fourth-order valence-corrected chi connectivity index (χ4v) is 1.48. The van der Waals surface area contributed by atoms with Crippen molar-refractivity contribution >= 4 is 21.8 Å². The maximum Gasteiger partial charge on any atom is 0.268 e. The molecule has 0 unspecified atom stereocenters. The summed E-state index contributed by atoms with van der Waals surface area (Å²) in [4.78, 5) is 25.6. The van der Waals surface area contributed by atoms with Gasteiger partial charge in [-0.2, -0.15) is 0 Å². The van der Waals surface area contributed by atoms with Crippen LogP contribution in [0.25, 0.3) is 0 Å². The number of pyridine rings is 1. The number of carbonyl (C=O) groups is 1. The molecule has 1 heterocycles. The summed E-state index contributed by atoms with van der Waals surface area (Å²) < 4.78 is 0.494. The van der Waals surface area contributed by atoms with Crippen molar-refractivity contribution in [2.24, 2.45) is 0 Å². The van der Waals surface area contributed by atoms with E-state index in [1.54, 1.807) is 0 Å². The highest BCUT2D eigenvalue weighted by Crippen LogP contribution is 2.05. The largest absolute Gasteiger partial charge is 0.346 e. The van der Waals surface area contributed by atoms with Gasteiger partial charge in [0.25, 0.3) is 5.91 Å². The van der Waals surface area contributed by atoms with Gasteiger partial charge in [-0.3, -0.25) is 9.59 Å². The van der Waals surface area contributed by atoms with E-state index < -0.39 is 0 Å². The first kappa shape index (κ1) is 12.0. The lowest BCUT2D eigenvalue weighted by molar-refractivity contribution is 0.0914. The fourth-order valence-electron chi connectivity index (χ4n) is 1.04. The molecule has 1 amide bonds. The average molecular weight is 273 g/mol. The van der Waals surface area contributed by atoms with Gasteiger partial charge in [0.15, 0.2) is 5.43 Å². The van der Waals surface area contributed by atoms with Crippen LogP contribution in [0.5, 0.6) is 0 Å². The summed E-state index contributed by atoms with van der Waals surface area (Å²) in [5.74, 6) is -0.291. The van der Waals surface area contributed by atoms with E-state index in [1.165, 1.54) is 12.1 Å². The van der Waals surface area contributed by atoms with Crippen LogP contribution in [0.15, 0.2) is 21.5 Å². The minimum atomic E-state index is -0.323. The van der Waals surface area contributed by atoms with Gasteiger partial charge in [0.2, 0.25) is 0 Å². The van der Waals surface area contributed by atoms with Crippen LogP contribution in [-0.2, 0) is 0 Å². The monoisotopic (exact) mass is 272 g/mol. The van der Waals surface area contributed by atoms with Gasteiger partial charge in [-0.1, -0.05) is 0 Å². The Morgan fingerprint density at radius 1 is 1.40 bits per heavy atom. The van der Waals surface area contributed by atoms with Crippen molar-refractivity contribution in [3.8, 4) is 0 Å². The van der Waals surface area contributed by atoms with E-state index in [0.29, 0.717) is 4.60 Å². The normalized spacial score (nSPS) is 11.2. The molecule has 0 fully saturated rings. The Morgan fingerprint density at radius 2 is 2.00 bits per heavy atom. The van der Waals surface area contributed by atoms with E-state index in [4.69, 9.17) is 0 Å². The number of hydrogen-bond acceptors (Lipinski definition) is 2. The molecular weight excluding hydrogens is 260 g/mol. The number of aromatic nitrogens is 1. The molecule has 15 heavy (non-hydrogen) atoms. The van der Waals surface area contributed by atoms with Crippen molar-refractivity contribution in [3.05, 3.63) is 32.7 Å². The van der Waals surface area contributed by atoms with Crippen molar-refractivity contribution in [1.29, 1.82) is 0 Å². The number of hydrogen-bond donors (Lipinski definition) is 2. The molecular formula is C10H13BrN2O2. The highest BCUT2D eigenvalue weighted by molar-refractivity contribution is 9.10. The molecule has 4 nitrogen and oxygen atoms in total. The molecule has 1 aromatic heterocycles. The Hall–Kier alpha value is -1.10. The van der Waals surface area contributed by atoms with Crippen LogP contribution < -0.4 is 10.7 Å². The molecule has 82 valence electrons. The predicted octanol–water partition coefficient (Wildman–Crippen LogP) is 1.67. The summed E-state index contributed by atoms with van der Waals surface area (Å²) in [5.41, 5.74) is -0.278. The van der Waals surface area contributed by atoms with Gasteiger partial charge in [0.05, 0.1) is 4.60 Å². The third kappa shape index (κ3) is 3.87. The van der Waals surface area contributed by atoms with E-state index in [-0.39, 0.29) is 22.6 Å². The second-order valence-electron chi connectivity index (χ2n) is 4.28. The zero-order valence-electron chi connectivity index (χ0n) is 8.85. The molecule has 0 aromatic carbocycles. The molecule has 0 bridgehead atoms. The van der Waals surface area contributed by atoms with Crippen LogP contribution in [0.3, 0.4) is 0 Å². The maximum absolute atomic E-state index is 11.7. The van der Waals surface area contributed by atoms with Gasteiger partial charge in [-0.15, -0.1) is 0 Å². The number of halogens is 1. The van der Waals surface area contributed by atoms with Crippen molar-refractivity contribution in [1.82, 2.24) is 10.3 Å². The minimum absolute atomic E-state index is 0.209. The van der Waals surface area contributed by atoms with Crippen LogP contribution in [0.4, 0.5) is 0 Å². The number of carbonyl (C=O) groups excluding carboxylic acids is 1. The van der Waals surface area contributed by atoms with Crippen LogP contribution >= 0.6 is 15.9 Å². The fraction of sp³-hybridized carbons (Fsp3) is 0.400. The third-order valence-electron chi connectivity index (χ3n) is 1.54. The van der Waals surface area contributed by atoms with Crippen LogP contribution in [-0.4, -0.2) is 16.4 Å². The topological polar surface area (TPSA) is 62.0 Å². The Bertz CT molecular complexity index is 432. The van der Waals surface area contributed by atoms with E-state index in [1.807, 2.05) is 20.8 Å². The van der Waals surface area contributed by atoms with E-state index in [0.717, 1.165) is 0 Å². The quantitative estimate of drug-likeness (QED) is 0.764. The first-order valence-electron chi connectivity index (χ1n) is 4.50. The highest BCUT2D eigenvalue weighted by Gasteiger charge is 2.16. The summed E-state index contributed by atoms with van der Waals surface area (Å²) in [5, 5.41) is 2.76. The standard InChI is InChI=1S/C10H13BrN2O2/c1-10(2,3)13-9(15)7-4-6(14)5-8(11)12-7/h4-5H,1-3H3,(H,12,14)(H,13,15). The maximum atomic E-state index is 11.7. The lowest BCUT2D eigenvalue weighted by atomic mass is 10.1. The Labute approximate surface area is 96.2 Å². The van der Waals surface area contributed by atoms with Crippen LogP contribution in [0, 0.1) is 0 Å². The number of amides is 1. The molecule has 0 saturated heterocycles. The van der Waals surface area contributed by atoms with Crippen molar-refractivity contribution in [3.63, 3.8) is 0 Å². The molecule has 0 radical (unpaired) electrons. The molecule has 0 spiro atoms.